The Hall–Kier alpha value is -2.65. The predicted octanol–water partition coefficient (Wildman–Crippen LogP) is 2.19. The first-order valence-electron chi connectivity index (χ1n) is 7.57. The van der Waals surface area contributed by atoms with Gasteiger partial charge >= 0.3 is 0 Å². The zero-order valence-electron chi connectivity index (χ0n) is 14.1. The van der Waals surface area contributed by atoms with Gasteiger partial charge in [0.1, 0.15) is 0 Å². The summed E-state index contributed by atoms with van der Waals surface area (Å²) < 4.78 is 10.8. The highest BCUT2D eigenvalue weighted by Crippen LogP contribution is 2.35. The zero-order valence-corrected chi connectivity index (χ0v) is 15.7. The van der Waals surface area contributed by atoms with Crippen molar-refractivity contribution < 1.29 is 14.3 Å². The van der Waals surface area contributed by atoms with Crippen LogP contribution in [-0.2, 0) is 11.2 Å². The van der Waals surface area contributed by atoms with Crippen LogP contribution in [0, 0.1) is 4.77 Å². The maximum absolute atomic E-state index is 11.9. The first kappa shape index (κ1) is 19.7. The number of hydrazone groups is 1. The number of aromatic nitrogens is 2. The topological polar surface area (TPSA) is 109 Å². The first-order valence-corrected chi connectivity index (χ1v) is 8.36. The van der Waals surface area contributed by atoms with Gasteiger partial charge < -0.3 is 14.5 Å². The number of carbonyl (C=O) groups excluding carboxylic acids is 1. The van der Waals surface area contributed by atoms with E-state index in [-0.39, 0.29) is 16.8 Å². The van der Waals surface area contributed by atoms with Crippen LogP contribution >= 0.6 is 23.8 Å². The molecule has 1 aromatic carbocycles. The summed E-state index contributed by atoms with van der Waals surface area (Å²) in [7, 11) is 1.50. The number of nitrogens with one attached hydrogen (secondary N) is 3. The molecule has 0 aliphatic rings. The summed E-state index contributed by atoms with van der Waals surface area (Å²) in [5, 5.41) is 4.24. The molecule has 0 aliphatic heterocycles. The molecule has 0 fully saturated rings. The molecule has 0 unspecified atom stereocenters. The van der Waals surface area contributed by atoms with Gasteiger partial charge in [0.15, 0.2) is 16.3 Å². The van der Waals surface area contributed by atoms with Crippen LogP contribution in [0.15, 0.2) is 28.1 Å². The lowest BCUT2D eigenvalue weighted by atomic mass is 10.2. The molecule has 0 radical (unpaired) electrons. The summed E-state index contributed by atoms with van der Waals surface area (Å²) >= 11 is 11.0. The van der Waals surface area contributed by atoms with E-state index in [0.717, 1.165) is 0 Å². The van der Waals surface area contributed by atoms with E-state index in [1.807, 2.05) is 6.92 Å². The van der Waals surface area contributed by atoms with Gasteiger partial charge in [0.2, 0.25) is 5.91 Å². The van der Waals surface area contributed by atoms with E-state index in [0.29, 0.717) is 34.4 Å². The number of halogens is 1. The monoisotopic (exact) mass is 396 g/mol. The first-order chi connectivity index (χ1) is 12.4. The Bertz CT molecular complexity index is 910. The Morgan fingerprint density at radius 3 is 2.81 bits per heavy atom. The Balaban J connectivity index is 2.06. The quantitative estimate of drug-likeness (QED) is 0.377. The smallest absolute Gasteiger partial charge is 0.251 e. The number of nitrogens with zero attached hydrogens (tertiary/aromatic N) is 1. The van der Waals surface area contributed by atoms with Gasteiger partial charge in [-0.1, -0.05) is 11.6 Å². The third-order valence-corrected chi connectivity index (χ3v) is 3.59. The molecule has 1 amide bonds. The Morgan fingerprint density at radius 1 is 1.38 bits per heavy atom. The van der Waals surface area contributed by atoms with Gasteiger partial charge in [-0.05, 0) is 36.8 Å². The van der Waals surface area contributed by atoms with Crippen LogP contribution in [0.2, 0.25) is 5.02 Å². The second-order valence-electron chi connectivity index (χ2n) is 5.05. The minimum Gasteiger partial charge on any atom is -0.491 e. The molecule has 2 rings (SSSR count). The summed E-state index contributed by atoms with van der Waals surface area (Å²) in [6.07, 6.45) is 1.35. The van der Waals surface area contributed by atoms with Gasteiger partial charge in [0.05, 0.1) is 31.4 Å². The van der Waals surface area contributed by atoms with Crippen molar-refractivity contribution in [3.05, 3.63) is 49.6 Å². The second-order valence-corrected chi connectivity index (χ2v) is 5.87. The second kappa shape index (κ2) is 9.16. The number of hydrogen-bond acceptors (Lipinski definition) is 6. The molecule has 0 saturated heterocycles. The van der Waals surface area contributed by atoms with Crippen molar-refractivity contribution in [3.8, 4) is 11.5 Å². The zero-order chi connectivity index (χ0) is 19.1. The number of rotatable bonds is 7. The average Bonchev–Trinajstić information content (AvgIpc) is 2.54. The molecular formula is C16H17ClN4O4S. The number of H-pyrrole nitrogens is 2. The summed E-state index contributed by atoms with van der Waals surface area (Å²) in [6, 6.07) is 4.58. The molecule has 3 N–H and O–H groups in total. The van der Waals surface area contributed by atoms with E-state index < -0.39 is 5.91 Å². The fourth-order valence-corrected chi connectivity index (χ4v) is 2.66. The predicted molar refractivity (Wildman–Crippen MR) is 101 cm³/mol. The molecule has 0 aliphatic carbocycles. The number of amides is 1. The Kier molecular flexibility index (Phi) is 6.93. The van der Waals surface area contributed by atoms with Gasteiger partial charge in [0, 0.05) is 11.8 Å². The van der Waals surface area contributed by atoms with Crippen LogP contribution in [0.3, 0.4) is 0 Å². The lowest BCUT2D eigenvalue weighted by molar-refractivity contribution is -0.120. The van der Waals surface area contributed by atoms with Crippen LogP contribution in [0.1, 0.15) is 18.2 Å². The van der Waals surface area contributed by atoms with Crippen molar-refractivity contribution in [2.75, 3.05) is 13.7 Å². The van der Waals surface area contributed by atoms with Crippen molar-refractivity contribution in [1.82, 2.24) is 15.4 Å². The highest BCUT2D eigenvalue weighted by molar-refractivity contribution is 7.71. The number of methoxy groups -OCH3 is 1. The molecule has 10 heteroatoms. The molecule has 138 valence electrons. The average molecular weight is 397 g/mol. The van der Waals surface area contributed by atoms with Crippen molar-refractivity contribution in [3.63, 3.8) is 0 Å². The summed E-state index contributed by atoms with van der Waals surface area (Å²) in [5.74, 6) is 0.493. The molecule has 26 heavy (non-hydrogen) atoms. The van der Waals surface area contributed by atoms with E-state index in [2.05, 4.69) is 20.5 Å². The molecule has 0 spiro atoms. The molecule has 0 saturated carbocycles. The maximum Gasteiger partial charge on any atom is 0.251 e. The molecule has 0 bridgehead atoms. The van der Waals surface area contributed by atoms with Crippen LogP contribution in [0.25, 0.3) is 0 Å². The highest BCUT2D eigenvalue weighted by Gasteiger charge is 2.11. The maximum atomic E-state index is 11.9. The summed E-state index contributed by atoms with van der Waals surface area (Å²) in [5.41, 5.74) is 3.00. The molecule has 1 aromatic heterocycles. The molecular weight excluding hydrogens is 380 g/mol. The largest absolute Gasteiger partial charge is 0.491 e. The van der Waals surface area contributed by atoms with Crippen molar-refractivity contribution >= 4 is 35.9 Å². The van der Waals surface area contributed by atoms with Crippen molar-refractivity contribution in [1.29, 1.82) is 0 Å². The van der Waals surface area contributed by atoms with Gasteiger partial charge in [-0.3, -0.25) is 14.6 Å². The van der Waals surface area contributed by atoms with Crippen LogP contribution in [0.5, 0.6) is 11.5 Å². The molecule has 0 atom stereocenters. The minimum absolute atomic E-state index is 0.0710. The fourth-order valence-electron chi connectivity index (χ4n) is 2.13. The van der Waals surface area contributed by atoms with Crippen LogP contribution in [0.4, 0.5) is 0 Å². The lowest BCUT2D eigenvalue weighted by Gasteiger charge is -2.11. The van der Waals surface area contributed by atoms with Gasteiger partial charge in [0.25, 0.3) is 5.56 Å². The van der Waals surface area contributed by atoms with E-state index in [1.165, 1.54) is 19.4 Å². The van der Waals surface area contributed by atoms with Crippen molar-refractivity contribution in [2.24, 2.45) is 5.10 Å². The number of hydrogen-bond donors (Lipinski definition) is 3. The number of ether oxygens (including phenoxy) is 2. The SMILES string of the molecule is CCOc1cc(/C=N\NC(=O)Cc2cc(=O)[nH]c(=S)[nH]2)cc(Cl)c1OC. The molecule has 8 nitrogen and oxygen atoms in total. The lowest BCUT2D eigenvalue weighted by Crippen LogP contribution is -2.21. The van der Waals surface area contributed by atoms with Crippen molar-refractivity contribution in [2.45, 2.75) is 13.3 Å². The number of carbonyl (C=O) groups is 1. The van der Waals surface area contributed by atoms with Gasteiger partial charge in [-0.15, -0.1) is 0 Å². The molecule has 1 heterocycles. The van der Waals surface area contributed by atoms with Gasteiger partial charge in [-0.2, -0.15) is 5.10 Å². The standard InChI is InChI=1S/C16H17ClN4O4S/c1-3-25-12-5-9(4-11(17)15(12)24-2)8-18-21-14(23)7-10-6-13(22)20-16(26)19-10/h4-6,8H,3,7H2,1-2H3,(H,21,23)(H2,19,20,22,26)/b18-8-. The summed E-state index contributed by atoms with van der Waals surface area (Å²) in [4.78, 5) is 28.3. The normalized spacial score (nSPS) is 10.7. The van der Waals surface area contributed by atoms with E-state index in [4.69, 9.17) is 33.3 Å². The summed E-state index contributed by atoms with van der Waals surface area (Å²) in [6.45, 7) is 2.29. The number of benzene rings is 1. The Labute approximate surface area is 159 Å². The minimum atomic E-state index is -0.415. The van der Waals surface area contributed by atoms with Crippen LogP contribution < -0.4 is 20.5 Å². The van der Waals surface area contributed by atoms with Gasteiger partial charge in [-0.25, -0.2) is 5.43 Å². The third-order valence-electron chi connectivity index (χ3n) is 3.11. The fraction of sp³-hybridized carbons (Fsp3) is 0.250. The van der Waals surface area contributed by atoms with E-state index in [1.54, 1.807) is 12.1 Å². The van der Waals surface area contributed by atoms with Crippen LogP contribution in [-0.4, -0.2) is 35.8 Å². The molecule has 2 aromatic rings. The number of aromatic amines is 2. The van der Waals surface area contributed by atoms with E-state index >= 15 is 0 Å². The Morgan fingerprint density at radius 2 is 2.15 bits per heavy atom. The van der Waals surface area contributed by atoms with E-state index in [9.17, 15) is 9.59 Å². The highest BCUT2D eigenvalue weighted by atomic mass is 35.5. The third kappa shape index (κ3) is 5.43.